The van der Waals surface area contributed by atoms with E-state index in [1.54, 1.807) is 29.7 Å². The molecular formula is C18H20N4S. The fourth-order valence-corrected chi connectivity index (χ4v) is 4.40. The first kappa shape index (κ1) is 14.6. The first-order chi connectivity index (χ1) is 11.3. The van der Waals surface area contributed by atoms with Crippen LogP contribution in [0.1, 0.15) is 41.5 Å². The van der Waals surface area contributed by atoms with Crippen molar-refractivity contribution in [3.05, 3.63) is 57.5 Å². The molecule has 3 aliphatic carbocycles. The van der Waals surface area contributed by atoms with Crippen LogP contribution in [0.5, 0.6) is 0 Å². The van der Waals surface area contributed by atoms with Gasteiger partial charge in [-0.15, -0.1) is 11.3 Å². The number of nitrogens with one attached hydrogen (secondary N) is 1. The zero-order chi connectivity index (χ0) is 15.6. The van der Waals surface area contributed by atoms with Crippen molar-refractivity contribution >= 4 is 17.2 Å². The van der Waals surface area contributed by atoms with E-state index in [2.05, 4.69) is 33.3 Å². The van der Waals surface area contributed by atoms with Crippen molar-refractivity contribution < 1.29 is 0 Å². The number of nitrogens with zero attached hydrogens (tertiary/aromatic N) is 3. The van der Waals surface area contributed by atoms with Gasteiger partial charge in [0.15, 0.2) is 0 Å². The fourth-order valence-electron chi connectivity index (χ4n) is 3.48. The Labute approximate surface area is 140 Å². The van der Waals surface area contributed by atoms with Crippen molar-refractivity contribution in [2.45, 2.75) is 38.5 Å². The van der Waals surface area contributed by atoms with Crippen LogP contribution in [0.4, 0.5) is 5.82 Å². The number of aryl methyl sites for hydroxylation is 1. The van der Waals surface area contributed by atoms with Crippen molar-refractivity contribution in [3.8, 4) is 0 Å². The Morgan fingerprint density at radius 1 is 1.22 bits per heavy atom. The van der Waals surface area contributed by atoms with Gasteiger partial charge in [0.2, 0.25) is 0 Å². The molecule has 0 amide bonds. The van der Waals surface area contributed by atoms with Gasteiger partial charge in [-0.2, -0.15) is 0 Å². The van der Waals surface area contributed by atoms with Crippen molar-refractivity contribution in [1.82, 2.24) is 15.0 Å². The normalized spacial score (nSPS) is 20.4. The van der Waals surface area contributed by atoms with Crippen LogP contribution >= 0.6 is 11.3 Å². The molecule has 1 atom stereocenters. The smallest absolute Gasteiger partial charge is 0.144 e. The molecule has 5 heteroatoms. The highest BCUT2D eigenvalue weighted by molar-refractivity contribution is 7.11. The second kappa shape index (κ2) is 6.24. The van der Waals surface area contributed by atoms with Crippen LogP contribution in [0, 0.1) is 6.92 Å². The molecule has 3 aliphatic rings. The molecule has 4 nitrogen and oxygen atoms in total. The molecule has 0 aliphatic heterocycles. The van der Waals surface area contributed by atoms with Crippen LogP contribution in [0.15, 0.2) is 47.6 Å². The van der Waals surface area contributed by atoms with Crippen LogP contribution in [-0.2, 0) is 0 Å². The third-order valence-electron chi connectivity index (χ3n) is 4.62. The molecule has 1 unspecified atom stereocenters. The Bertz CT molecular complexity index is 760. The van der Waals surface area contributed by atoms with Gasteiger partial charge in [0, 0.05) is 35.9 Å². The zero-order valence-corrected chi connectivity index (χ0v) is 14.1. The minimum absolute atomic E-state index is 0.506. The summed E-state index contributed by atoms with van der Waals surface area (Å²) in [6, 6.07) is 0. The number of rotatable bonds is 4. The van der Waals surface area contributed by atoms with E-state index in [0.29, 0.717) is 5.92 Å². The van der Waals surface area contributed by atoms with E-state index in [9.17, 15) is 0 Å². The predicted molar refractivity (Wildman–Crippen MR) is 93.7 cm³/mol. The van der Waals surface area contributed by atoms with Crippen LogP contribution in [0.25, 0.3) is 0 Å². The maximum atomic E-state index is 4.64. The second-order valence-corrected chi connectivity index (χ2v) is 7.48. The molecule has 0 spiro atoms. The summed E-state index contributed by atoms with van der Waals surface area (Å²) in [7, 11) is 0. The van der Waals surface area contributed by atoms with E-state index in [1.165, 1.54) is 34.7 Å². The Morgan fingerprint density at radius 3 is 2.96 bits per heavy atom. The number of hydrogen-bond donors (Lipinski definition) is 1. The van der Waals surface area contributed by atoms with Crippen LogP contribution in [0.3, 0.4) is 0 Å². The van der Waals surface area contributed by atoms with Gasteiger partial charge in [-0.05, 0) is 38.2 Å². The topological polar surface area (TPSA) is 50.7 Å². The van der Waals surface area contributed by atoms with Crippen molar-refractivity contribution in [1.29, 1.82) is 0 Å². The molecule has 2 heterocycles. The zero-order valence-electron chi connectivity index (χ0n) is 13.2. The standard InChI is InChI=1S/C18H20N4S/c1-12-9-22-18(23-12)16-8-13-3-2-4-14(16)7-15(13)10-21-17-11-19-5-6-20-17/h5-7,9,11,16H,2-4,8,10H2,1H3,(H,20,21). The lowest BCUT2D eigenvalue weighted by molar-refractivity contribution is 0.743. The lowest BCUT2D eigenvalue weighted by Gasteiger charge is -2.23. The molecular weight excluding hydrogens is 304 g/mol. The summed E-state index contributed by atoms with van der Waals surface area (Å²) >= 11 is 1.85. The minimum atomic E-state index is 0.506. The van der Waals surface area contributed by atoms with E-state index < -0.39 is 0 Å². The van der Waals surface area contributed by atoms with Gasteiger partial charge in [-0.25, -0.2) is 9.97 Å². The molecule has 5 rings (SSSR count). The minimum Gasteiger partial charge on any atom is -0.365 e. The van der Waals surface area contributed by atoms with E-state index in [-0.39, 0.29) is 0 Å². The molecule has 1 saturated carbocycles. The maximum Gasteiger partial charge on any atom is 0.144 e. The average molecular weight is 324 g/mol. The summed E-state index contributed by atoms with van der Waals surface area (Å²) in [5.41, 5.74) is 4.57. The number of anilines is 1. The highest BCUT2D eigenvalue weighted by Crippen LogP contribution is 2.44. The molecule has 0 aromatic carbocycles. The van der Waals surface area contributed by atoms with Crippen LogP contribution < -0.4 is 5.32 Å². The summed E-state index contributed by atoms with van der Waals surface area (Å²) in [4.78, 5) is 14.3. The lowest BCUT2D eigenvalue weighted by atomic mass is 9.85. The highest BCUT2D eigenvalue weighted by atomic mass is 32.1. The van der Waals surface area contributed by atoms with Gasteiger partial charge in [-0.1, -0.05) is 17.2 Å². The Morgan fingerprint density at radius 2 is 2.17 bits per heavy atom. The average Bonchev–Trinajstić information content (AvgIpc) is 2.80. The summed E-state index contributed by atoms with van der Waals surface area (Å²) in [6.45, 7) is 2.97. The van der Waals surface area contributed by atoms with Gasteiger partial charge >= 0.3 is 0 Å². The SMILES string of the molecule is Cc1cnc(C2CC3=C(CNc4cnccn4)C=C2CCC3)s1. The second-order valence-electron chi connectivity index (χ2n) is 6.21. The summed E-state index contributed by atoms with van der Waals surface area (Å²) in [5, 5.41) is 4.68. The fraction of sp³-hybridized carbons (Fsp3) is 0.389. The molecule has 2 aromatic heterocycles. The third-order valence-corrected chi connectivity index (χ3v) is 5.64. The Kier molecular flexibility index (Phi) is 3.95. The first-order valence-corrected chi connectivity index (χ1v) is 8.95. The lowest BCUT2D eigenvalue weighted by Crippen LogP contribution is -2.13. The molecule has 23 heavy (non-hydrogen) atoms. The Balaban J connectivity index is 1.54. The van der Waals surface area contributed by atoms with Gasteiger partial charge in [0.1, 0.15) is 10.8 Å². The van der Waals surface area contributed by atoms with Gasteiger partial charge in [0.05, 0.1) is 6.20 Å². The van der Waals surface area contributed by atoms with Crippen molar-refractivity contribution in [2.75, 3.05) is 11.9 Å². The molecule has 0 radical (unpaired) electrons. The number of aromatic nitrogens is 3. The van der Waals surface area contributed by atoms with E-state index in [1.807, 2.05) is 17.5 Å². The van der Waals surface area contributed by atoms with E-state index >= 15 is 0 Å². The van der Waals surface area contributed by atoms with Crippen molar-refractivity contribution in [3.63, 3.8) is 0 Å². The van der Waals surface area contributed by atoms with Crippen molar-refractivity contribution in [2.24, 2.45) is 0 Å². The maximum absolute atomic E-state index is 4.64. The molecule has 1 N–H and O–H groups in total. The first-order valence-electron chi connectivity index (χ1n) is 8.13. The highest BCUT2D eigenvalue weighted by Gasteiger charge is 2.29. The van der Waals surface area contributed by atoms with Crippen LogP contribution in [0.2, 0.25) is 0 Å². The Hall–Kier alpha value is -2.01. The van der Waals surface area contributed by atoms with Crippen LogP contribution in [-0.4, -0.2) is 21.5 Å². The largest absolute Gasteiger partial charge is 0.365 e. The number of fused-ring (bicyclic) bond motifs is 4. The molecule has 2 aromatic rings. The predicted octanol–water partition coefficient (Wildman–Crippen LogP) is 4.25. The van der Waals surface area contributed by atoms with E-state index in [4.69, 9.17) is 0 Å². The summed E-state index contributed by atoms with van der Waals surface area (Å²) < 4.78 is 0. The number of allylic oxidation sites excluding steroid dienone is 2. The number of thiazole rings is 1. The quantitative estimate of drug-likeness (QED) is 0.913. The monoisotopic (exact) mass is 324 g/mol. The number of hydrogen-bond acceptors (Lipinski definition) is 5. The molecule has 0 saturated heterocycles. The molecule has 2 bridgehead atoms. The molecule has 1 fully saturated rings. The molecule has 118 valence electrons. The third kappa shape index (κ3) is 3.06. The van der Waals surface area contributed by atoms with Gasteiger partial charge < -0.3 is 5.32 Å². The van der Waals surface area contributed by atoms with Gasteiger partial charge in [0.25, 0.3) is 0 Å². The van der Waals surface area contributed by atoms with Gasteiger partial charge in [-0.3, -0.25) is 4.98 Å². The summed E-state index contributed by atoms with van der Waals surface area (Å²) in [6.07, 6.45) is 14.4. The van der Waals surface area contributed by atoms with E-state index in [0.717, 1.165) is 18.8 Å². The summed E-state index contributed by atoms with van der Waals surface area (Å²) in [5.74, 6) is 1.35.